The number of esters is 1. The summed E-state index contributed by atoms with van der Waals surface area (Å²) in [5, 5.41) is 0. The minimum Gasteiger partial charge on any atom is -0.458 e. The molecule has 0 unspecified atom stereocenters. The molecule has 0 amide bonds. The van der Waals surface area contributed by atoms with Gasteiger partial charge in [0.05, 0.1) is 0 Å². The molecule has 3 atom stereocenters. The molecule has 1 aliphatic carbocycles. The molecule has 1 aliphatic rings. The van der Waals surface area contributed by atoms with Gasteiger partial charge in [-0.2, -0.15) is 0 Å². The highest BCUT2D eigenvalue weighted by molar-refractivity contribution is 9.09. The zero-order valence-corrected chi connectivity index (χ0v) is 8.87. The second-order valence-corrected chi connectivity index (χ2v) is 4.25. The third-order valence-corrected chi connectivity index (χ3v) is 3.18. The Kier molecular flexibility index (Phi) is 3.32. The molecule has 0 saturated carbocycles. The van der Waals surface area contributed by atoms with Crippen LogP contribution in [-0.2, 0) is 9.53 Å². The van der Waals surface area contributed by atoms with Crippen LogP contribution in [0.5, 0.6) is 0 Å². The Bertz CT molecular complexity index is 201. The van der Waals surface area contributed by atoms with Crippen molar-refractivity contribution in [2.24, 2.45) is 5.92 Å². The van der Waals surface area contributed by atoms with E-state index in [1.54, 1.807) is 0 Å². The minimum atomic E-state index is -0.204. The van der Waals surface area contributed by atoms with Gasteiger partial charge in [-0.05, 0) is 18.4 Å². The number of ether oxygens (including phenoxy) is 1. The lowest BCUT2D eigenvalue weighted by Crippen LogP contribution is -2.25. The number of carbonyl (C=O) groups is 1. The largest absolute Gasteiger partial charge is 0.458 e. The lowest BCUT2D eigenvalue weighted by atomic mass is 9.94. The van der Waals surface area contributed by atoms with Gasteiger partial charge in [-0.3, -0.25) is 4.79 Å². The fourth-order valence-corrected chi connectivity index (χ4v) is 1.69. The van der Waals surface area contributed by atoms with E-state index in [0.717, 1.165) is 6.42 Å². The highest BCUT2D eigenvalue weighted by Gasteiger charge is 2.22. The van der Waals surface area contributed by atoms with Crippen LogP contribution in [0.1, 0.15) is 20.3 Å². The van der Waals surface area contributed by atoms with E-state index in [2.05, 4.69) is 22.9 Å². The predicted octanol–water partition coefficient (Wildman–Crippen LogP) is 2.28. The second-order valence-electron chi connectivity index (χ2n) is 3.19. The Morgan fingerprint density at radius 3 is 2.75 bits per heavy atom. The van der Waals surface area contributed by atoms with E-state index in [4.69, 9.17) is 4.74 Å². The van der Waals surface area contributed by atoms with Gasteiger partial charge in [0.25, 0.3) is 0 Å². The Morgan fingerprint density at radius 1 is 1.58 bits per heavy atom. The van der Waals surface area contributed by atoms with Crippen molar-refractivity contribution in [2.45, 2.75) is 31.2 Å². The van der Waals surface area contributed by atoms with Gasteiger partial charge in [-0.15, -0.1) is 0 Å². The molecular formula is C9H13BrO2. The SMILES string of the molecule is CC(=O)O[C@H]1C=C[C@@H](Br)[C@H](C)C1. The molecule has 0 aromatic carbocycles. The Labute approximate surface area is 81.1 Å². The van der Waals surface area contributed by atoms with Gasteiger partial charge in [0, 0.05) is 11.8 Å². The predicted molar refractivity (Wildman–Crippen MR) is 51.2 cm³/mol. The highest BCUT2D eigenvalue weighted by Crippen LogP contribution is 2.25. The van der Waals surface area contributed by atoms with Crippen LogP contribution < -0.4 is 0 Å². The lowest BCUT2D eigenvalue weighted by molar-refractivity contribution is -0.144. The smallest absolute Gasteiger partial charge is 0.303 e. The van der Waals surface area contributed by atoms with E-state index in [-0.39, 0.29) is 12.1 Å². The molecule has 0 aromatic rings. The van der Waals surface area contributed by atoms with Gasteiger partial charge < -0.3 is 4.74 Å². The lowest BCUT2D eigenvalue weighted by Gasteiger charge is -2.25. The summed E-state index contributed by atoms with van der Waals surface area (Å²) in [5.41, 5.74) is 0. The second kappa shape index (κ2) is 4.08. The maximum Gasteiger partial charge on any atom is 0.303 e. The van der Waals surface area contributed by atoms with Crippen molar-refractivity contribution in [2.75, 3.05) is 0 Å². The van der Waals surface area contributed by atoms with Gasteiger partial charge in [-0.25, -0.2) is 0 Å². The number of carbonyl (C=O) groups excluding carboxylic acids is 1. The molecule has 3 heteroatoms. The first-order valence-electron chi connectivity index (χ1n) is 4.09. The van der Waals surface area contributed by atoms with Crippen LogP contribution >= 0.6 is 15.9 Å². The minimum absolute atomic E-state index is 0.0219. The molecule has 1 rings (SSSR count). The number of hydrogen-bond acceptors (Lipinski definition) is 2. The summed E-state index contributed by atoms with van der Waals surface area (Å²) in [6.45, 7) is 3.58. The monoisotopic (exact) mass is 232 g/mol. The molecule has 0 radical (unpaired) electrons. The standard InChI is InChI=1S/C9H13BrO2/c1-6-5-8(12-7(2)11)3-4-9(6)10/h3-4,6,8-9H,5H2,1-2H3/t6-,8+,9-/m1/s1. The van der Waals surface area contributed by atoms with Crippen LogP contribution in [0.4, 0.5) is 0 Å². The van der Waals surface area contributed by atoms with E-state index in [9.17, 15) is 4.79 Å². The van der Waals surface area contributed by atoms with Gasteiger partial charge >= 0.3 is 5.97 Å². The first-order chi connectivity index (χ1) is 5.59. The number of rotatable bonds is 1. The summed E-state index contributed by atoms with van der Waals surface area (Å²) in [5.74, 6) is 0.323. The van der Waals surface area contributed by atoms with Crippen molar-refractivity contribution in [3.8, 4) is 0 Å². The van der Waals surface area contributed by atoms with Crippen molar-refractivity contribution < 1.29 is 9.53 Å². The van der Waals surface area contributed by atoms with E-state index in [1.165, 1.54) is 6.92 Å². The average molecular weight is 233 g/mol. The first-order valence-corrected chi connectivity index (χ1v) is 5.01. The van der Waals surface area contributed by atoms with Crippen molar-refractivity contribution in [1.29, 1.82) is 0 Å². The van der Waals surface area contributed by atoms with E-state index in [0.29, 0.717) is 10.7 Å². The Hall–Kier alpha value is -0.310. The van der Waals surface area contributed by atoms with E-state index < -0.39 is 0 Å². The molecule has 0 aliphatic heterocycles. The average Bonchev–Trinajstić information content (AvgIpc) is 1.96. The summed E-state index contributed by atoms with van der Waals surface area (Å²) in [4.78, 5) is 11.1. The number of halogens is 1. The van der Waals surface area contributed by atoms with Gasteiger partial charge in [0.2, 0.25) is 0 Å². The topological polar surface area (TPSA) is 26.3 Å². The van der Waals surface area contributed by atoms with Crippen LogP contribution in [-0.4, -0.2) is 16.9 Å². The molecule has 0 aromatic heterocycles. The molecule has 0 saturated heterocycles. The van der Waals surface area contributed by atoms with Crippen LogP contribution in [0.15, 0.2) is 12.2 Å². The van der Waals surface area contributed by atoms with Gasteiger partial charge in [0.15, 0.2) is 0 Å². The fourth-order valence-electron chi connectivity index (χ4n) is 1.30. The van der Waals surface area contributed by atoms with Crippen LogP contribution in [0.2, 0.25) is 0 Å². The van der Waals surface area contributed by atoms with Crippen LogP contribution in [0.25, 0.3) is 0 Å². The van der Waals surface area contributed by atoms with Crippen molar-refractivity contribution in [3.05, 3.63) is 12.2 Å². The molecule has 0 spiro atoms. The fraction of sp³-hybridized carbons (Fsp3) is 0.667. The third-order valence-electron chi connectivity index (χ3n) is 1.97. The molecule has 68 valence electrons. The Morgan fingerprint density at radius 2 is 2.25 bits per heavy atom. The van der Waals surface area contributed by atoms with Gasteiger partial charge in [0.1, 0.15) is 6.10 Å². The number of hydrogen-bond donors (Lipinski definition) is 0. The number of allylic oxidation sites excluding steroid dienone is 1. The molecular weight excluding hydrogens is 220 g/mol. The van der Waals surface area contributed by atoms with Crippen molar-refractivity contribution >= 4 is 21.9 Å². The first kappa shape index (κ1) is 9.78. The molecule has 0 fully saturated rings. The zero-order valence-electron chi connectivity index (χ0n) is 7.29. The molecule has 0 heterocycles. The maximum absolute atomic E-state index is 10.6. The highest BCUT2D eigenvalue weighted by atomic mass is 79.9. The van der Waals surface area contributed by atoms with Crippen LogP contribution in [0, 0.1) is 5.92 Å². The molecule has 12 heavy (non-hydrogen) atoms. The van der Waals surface area contributed by atoms with Crippen LogP contribution in [0.3, 0.4) is 0 Å². The normalized spacial score (nSPS) is 34.8. The molecule has 0 bridgehead atoms. The summed E-state index contributed by atoms with van der Waals surface area (Å²) >= 11 is 3.52. The van der Waals surface area contributed by atoms with Crippen molar-refractivity contribution in [1.82, 2.24) is 0 Å². The van der Waals surface area contributed by atoms with E-state index in [1.807, 2.05) is 12.2 Å². The van der Waals surface area contributed by atoms with Crippen molar-refractivity contribution in [3.63, 3.8) is 0 Å². The molecule has 2 nitrogen and oxygen atoms in total. The molecule has 0 N–H and O–H groups in total. The zero-order chi connectivity index (χ0) is 9.14. The third kappa shape index (κ3) is 2.63. The van der Waals surface area contributed by atoms with E-state index >= 15 is 0 Å². The van der Waals surface area contributed by atoms with Gasteiger partial charge in [-0.1, -0.05) is 28.9 Å². The summed E-state index contributed by atoms with van der Waals surface area (Å²) in [6.07, 6.45) is 4.88. The number of alkyl halides is 1. The summed E-state index contributed by atoms with van der Waals surface area (Å²) in [6, 6.07) is 0. The summed E-state index contributed by atoms with van der Waals surface area (Å²) in [7, 11) is 0. The summed E-state index contributed by atoms with van der Waals surface area (Å²) < 4.78 is 5.06. The Balaban J connectivity index is 2.49. The quantitative estimate of drug-likeness (QED) is 0.394. The maximum atomic E-state index is 10.6.